The Labute approximate surface area is 167 Å². The zero-order valence-corrected chi connectivity index (χ0v) is 17.2. The highest BCUT2D eigenvalue weighted by Gasteiger charge is 2.16. The van der Waals surface area contributed by atoms with Crippen LogP contribution in [0.15, 0.2) is 48.5 Å². The fraction of sp³-hybridized carbons (Fsp3) is 0.391. The predicted octanol–water partition coefficient (Wildman–Crippen LogP) is 4.38. The standard InChI is InChI=1S/C23H30N2O3/c1-5-18-8-6-7-9-21(18)24-22(26)16-25(4)23(27)19-10-12-20(13-11-19)28-15-14-17(2)3/h6-13,17H,5,14-16H2,1-4H3,(H,24,26). The molecule has 0 unspecified atom stereocenters. The Bertz CT molecular complexity index is 785. The van der Waals surface area contributed by atoms with Gasteiger partial charge in [-0.2, -0.15) is 0 Å². The number of benzene rings is 2. The fourth-order valence-corrected chi connectivity index (χ4v) is 2.75. The Hall–Kier alpha value is -2.82. The molecule has 5 nitrogen and oxygen atoms in total. The molecule has 2 rings (SSSR count). The average molecular weight is 383 g/mol. The van der Waals surface area contributed by atoms with Gasteiger partial charge in [0.25, 0.3) is 5.91 Å². The molecule has 0 aliphatic carbocycles. The highest BCUT2D eigenvalue weighted by atomic mass is 16.5. The fourth-order valence-electron chi connectivity index (χ4n) is 2.75. The highest BCUT2D eigenvalue weighted by molar-refractivity contribution is 5.99. The predicted molar refractivity (Wildman–Crippen MR) is 113 cm³/mol. The van der Waals surface area contributed by atoms with Gasteiger partial charge in [0.15, 0.2) is 0 Å². The van der Waals surface area contributed by atoms with Gasteiger partial charge in [-0.1, -0.05) is 39.0 Å². The van der Waals surface area contributed by atoms with Gasteiger partial charge in [0.2, 0.25) is 5.91 Å². The van der Waals surface area contributed by atoms with Crippen LogP contribution in [-0.4, -0.2) is 36.9 Å². The lowest BCUT2D eigenvalue weighted by Crippen LogP contribution is -2.35. The van der Waals surface area contributed by atoms with E-state index in [-0.39, 0.29) is 18.4 Å². The van der Waals surface area contributed by atoms with Gasteiger partial charge in [-0.25, -0.2) is 0 Å². The van der Waals surface area contributed by atoms with E-state index in [4.69, 9.17) is 4.74 Å². The number of anilines is 1. The first-order chi connectivity index (χ1) is 13.4. The second kappa shape index (κ2) is 10.5. The van der Waals surface area contributed by atoms with Crippen molar-refractivity contribution in [3.63, 3.8) is 0 Å². The zero-order valence-electron chi connectivity index (χ0n) is 17.2. The summed E-state index contributed by atoms with van der Waals surface area (Å²) in [7, 11) is 1.63. The van der Waals surface area contributed by atoms with Crippen molar-refractivity contribution in [2.75, 3.05) is 25.5 Å². The number of amides is 2. The van der Waals surface area contributed by atoms with E-state index in [1.165, 1.54) is 4.90 Å². The molecule has 0 saturated heterocycles. The maximum Gasteiger partial charge on any atom is 0.254 e. The molecule has 0 aromatic heterocycles. The largest absolute Gasteiger partial charge is 0.494 e. The van der Waals surface area contributed by atoms with E-state index in [1.54, 1.807) is 31.3 Å². The van der Waals surface area contributed by atoms with Gasteiger partial charge in [0.1, 0.15) is 5.75 Å². The van der Waals surface area contributed by atoms with Crippen LogP contribution in [0.5, 0.6) is 5.75 Å². The van der Waals surface area contributed by atoms with Gasteiger partial charge in [0, 0.05) is 18.3 Å². The summed E-state index contributed by atoms with van der Waals surface area (Å²) < 4.78 is 5.68. The van der Waals surface area contributed by atoms with Gasteiger partial charge in [-0.15, -0.1) is 0 Å². The van der Waals surface area contributed by atoms with Crippen molar-refractivity contribution in [3.8, 4) is 5.75 Å². The number of hydrogen-bond donors (Lipinski definition) is 1. The molecule has 2 aromatic rings. The molecule has 0 radical (unpaired) electrons. The monoisotopic (exact) mass is 382 g/mol. The molecule has 0 bridgehead atoms. The number of aryl methyl sites for hydroxylation is 1. The smallest absolute Gasteiger partial charge is 0.254 e. The molecule has 28 heavy (non-hydrogen) atoms. The molecule has 1 N–H and O–H groups in total. The Morgan fingerprint density at radius 2 is 1.75 bits per heavy atom. The Morgan fingerprint density at radius 1 is 1.07 bits per heavy atom. The van der Waals surface area contributed by atoms with Crippen LogP contribution in [0.1, 0.15) is 43.1 Å². The highest BCUT2D eigenvalue weighted by Crippen LogP contribution is 2.16. The number of nitrogens with zero attached hydrogens (tertiary/aromatic N) is 1. The lowest BCUT2D eigenvalue weighted by Gasteiger charge is -2.18. The van der Waals surface area contributed by atoms with Crippen LogP contribution in [0.25, 0.3) is 0 Å². The molecule has 2 amide bonds. The number of carbonyl (C=O) groups excluding carboxylic acids is 2. The molecular formula is C23H30N2O3. The summed E-state index contributed by atoms with van der Waals surface area (Å²) >= 11 is 0. The van der Waals surface area contributed by atoms with Crippen LogP contribution in [0.3, 0.4) is 0 Å². The van der Waals surface area contributed by atoms with Crippen molar-refractivity contribution in [3.05, 3.63) is 59.7 Å². The number of rotatable bonds is 9. The first-order valence-corrected chi connectivity index (χ1v) is 9.76. The number of likely N-dealkylation sites (N-methyl/N-ethyl adjacent to an activating group) is 1. The molecule has 0 atom stereocenters. The topological polar surface area (TPSA) is 58.6 Å². The molecule has 2 aromatic carbocycles. The molecule has 0 aliphatic rings. The molecule has 0 fully saturated rings. The van der Waals surface area contributed by atoms with Crippen LogP contribution in [0.2, 0.25) is 0 Å². The number of nitrogens with one attached hydrogen (secondary N) is 1. The lowest BCUT2D eigenvalue weighted by molar-refractivity contribution is -0.116. The van der Waals surface area contributed by atoms with Gasteiger partial charge in [-0.3, -0.25) is 9.59 Å². The first kappa shape index (κ1) is 21.5. The number of hydrogen-bond acceptors (Lipinski definition) is 3. The third kappa shape index (κ3) is 6.41. The number of carbonyl (C=O) groups is 2. The molecule has 0 aliphatic heterocycles. The van der Waals surface area contributed by atoms with E-state index < -0.39 is 0 Å². The summed E-state index contributed by atoms with van der Waals surface area (Å²) in [6.45, 7) is 6.99. The Kier molecular flexibility index (Phi) is 8.05. The average Bonchev–Trinajstić information content (AvgIpc) is 2.68. The van der Waals surface area contributed by atoms with E-state index >= 15 is 0 Å². The van der Waals surface area contributed by atoms with E-state index in [2.05, 4.69) is 19.2 Å². The van der Waals surface area contributed by atoms with Gasteiger partial charge in [-0.05, 0) is 54.7 Å². The van der Waals surface area contributed by atoms with E-state index in [1.807, 2.05) is 31.2 Å². The molecule has 5 heteroatoms. The quantitative estimate of drug-likeness (QED) is 0.700. The van der Waals surface area contributed by atoms with Gasteiger partial charge < -0.3 is 15.0 Å². The summed E-state index contributed by atoms with van der Waals surface area (Å²) in [4.78, 5) is 26.3. The SMILES string of the molecule is CCc1ccccc1NC(=O)CN(C)C(=O)c1ccc(OCCC(C)C)cc1. The van der Waals surface area contributed by atoms with Crippen LogP contribution in [-0.2, 0) is 11.2 Å². The molecule has 0 saturated carbocycles. The molecule has 150 valence electrons. The third-order valence-corrected chi connectivity index (χ3v) is 4.47. The second-order valence-electron chi connectivity index (χ2n) is 7.28. The lowest BCUT2D eigenvalue weighted by atomic mass is 10.1. The zero-order chi connectivity index (χ0) is 20.5. The van der Waals surface area contributed by atoms with Crippen molar-refractivity contribution in [2.24, 2.45) is 5.92 Å². The first-order valence-electron chi connectivity index (χ1n) is 9.76. The second-order valence-corrected chi connectivity index (χ2v) is 7.28. The third-order valence-electron chi connectivity index (χ3n) is 4.47. The number of ether oxygens (including phenoxy) is 1. The van der Waals surface area contributed by atoms with Crippen molar-refractivity contribution in [1.29, 1.82) is 0 Å². The number of para-hydroxylation sites is 1. The van der Waals surface area contributed by atoms with Gasteiger partial charge >= 0.3 is 0 Å². The molecule has 0 heterocycles. The van der Waals surface area contributed by atoms with E-state index in [9.17, 15) is 9.59 Å². The minimum Gasteiger partial charge on any atom is -0.494 e. The van der Waals surface area contributed by atoms with Crippen molar-refractivity contribution in [1.82, 2.24) is 4.90 Å². The summed E-state index contributed by atoms with van der Waals surface area (Å²) in [6.07, 6.45) is 1.82. The van der Waals surface area contributed by atoms with E-state index in [0.717, 1.165) is 29.8 Å². The van der Waals surface area contributed by atoms with Crippen LogP contribution >= 0.6 is 0 Å². The normalized spacial score (nSPS) is 10.6. The van der Waals surface area contributed by atoms with Gasteiger partial charge in [0.05, 0.1) is 13.2 Å². The minimum atomic E-state index is -0.217. The molecular weight excluding hydrogens is 352 g/mol. The van der Waals surface area contributed by atoms with E-state index in [0.29, 0.717) is 18.1 Å². The van der Waals surface area contributed by atoms with Crippen LogP contribution in [0.4, 0.5) is 5.69 Å². The van der Waals surface area contributed by atoms with Crippen LogP contribution in [0, 0.1) is 5.92 Å². The minimum absolute atomic E-state index is 0.0104. The summed E-state index contributed by atoms with van der Waals surface area (Å²) in [5.41, 5.74) is 2.39. The van der Waals surface area contributed by atoms with Crippen molar-refractivity contribution in [2.45, 2.75) is 33.6 Å². The summed E-state index contributed by atoms with van der Waals surface area (Å²) in [5, 5.41) is 2.89. The summed E-state index contributed by atoms with van der Waals surface area (Å²) in [6, 6.07) is 14.7. The van der Waals surface area contributed by atoms with Crippen LogP contribution < -0.4 is 10.1 Å². The Balaban J connectivity index is 1.90. The summed E-state index contributed by atoms with van der Waals surface area (Å²) in [5.74, 6) is 0.914. The molecule has 0 spiro atoms. The van der Waals surface area contributed by atoms with Crippen molar-refractivity contribution < 1.29 is 14.3 Å². The Morgan fingerprint density at radius 3 is 2.39 bits per heavy atom. The maximum absolute atomic E-state index is 12.6. The maximum atomic E-state index is 12.6. The van der Waals surface area contributed by atoms with Crippen molar-refractivity contribution >= 4 is 17.5 Å².